The number of urea groups is 4. The predicted molar refractivity (Wildman–Crippen MR) is 451 cm³/mol. The zero-order chi connectivity index (χ0) is 90.0. The van der Waals surface area contributed by atoms with E-state index in [1.165, 1.54) is 0 Å². The molecule has 0 aliphatic rings. The van der Waals surface area contributed by atoms with Gasteiger partial charge in [0.25, 0.3) is 0 Å². The summed E-state index contributed by atoms with van der Waals surface area (Å²) in [7, 11) is 0. The van der Waals surface area contributed by atoms with Crippen molar-refractivity contribution >= 4 is 117 Å². The molecule has 0 unspecified atom stereocenters. The van der Waals surface area contributed by atoms with Crippen molar-refractivity contribution in [1.82, 2.24) is 0 Å². The van der Waals surface area contributed by atoms with Crippen molar-refractivity contribution in [3.05, 3.63) is 284 Å². The van der Waals surface area contributed by atoms with E-state index in [9.17, 15) is 98.4 Å². The molecule has 0 spiro atoms. The number of ether oxygens (including phenoxy) is 10. The second-order valence-electron chi connectivity index (χ2n) is 27.1. The van der Waals surface area contributed by atoms with Crippen molar-refractivity contribution in [3.63, 3.8) is 0 Å². The molecule has 0 aliphatic heterocycles. The Balaban J connectivity index is 0.644. The number of nitrogens with one attached hydrogen (secondary N) is 8. The van der Waals surface area contributed by atoms with E-state index in [0.29, 0.717) is 45.7 Å². The summed E-state index contributed by atoms with van der Waals surface area (Å²) in [6.07, 6.45) is 0. The molecule has 16 N–H and O–H groups in total. The fraction of sp³-hybridized carbons (Fsp3) is 0.182. The molecule has 10 aromatic rings. The van der Waals surface area contributed by atoms with Gasteiger partial charge >= 0.3 is 71.9 Å². The van der Waals surface area contributed by atoms with E-state index in [-0.39, 0.29) is 173 Å². The molecule has 8 amide bonds. The quantitative estimate of drug-likeness (QED) is 0.0158. The molecule has 0 heterocycles. The summed E-state index contributed by atoms with van der Waals surface area (Å²) < 4.78 is 59.4. The lowest BCUT2D eigenvalue weighted by atomic mass is 10.1. The van der Waals surface area contributed by atoms with Crippen LogP contribution in [0.3, 0.4) is 0 Å². The minimum absolute atomic E-state index is 0.0536. The smallest absolute Gasteiger partial charge is 0.335 e. The fourth-order valence-electron chi connectivity index (χ4n) is 11.7. The van der Waals surface area contributed by atoms with Crippen LogP contribution >= 0.6 is 0 Å². The Morgan fingerprint density at radius 1 is 0.183 bits per heavy atom. The van der Waals surface area contributed by atoms with E-state index in [2.05, 4.69) is 42.5 Å². The summed E-state index contributed by atoms with van der Waals surface area (Å²) in [5, 5.41) is 95.6. The van der Waals surface area contributed by atoms with Gasteiger partial charge in [0, 0.05) is 45.5 Å². The summed E-state index contributed by atoms with van der Waals surface area (Å²) in [6, 6.07) is 46.5. The lowest BCUT2D eigenvalue weighted by Crippen LogP contribution is -2.20. The molecule has 0 aromatic heterocycles. The van der Waals surface area contributed by atoms with Crippen LogP contribution in [0, 0.1) is 0 Å². The number of benzene rings is 10. The molecule has 0 saturated heterocycles. The van der Waals surface area contributed by atoms with Crippen LogP contribution in [0.25, 0.3) is 0 Å². The molecule has 10 rings (SSSR count). The van der Waals surface area contributed by atoms with E-state index >= 15 is 0 Å². The molecule has 0 saturated carbocycles. The first-order chi connectivity index (χ1) is 60.6. The number of hydrogen-bond donors (Lipinski definition) is 16. The van der Waals surface area contributed by atoms with E-state index < -0.39 is 71.9 Å². The average molecular weight is 1730 g/mol. The van der Waals surface area contributed by atoms with E-state index in [1.807, 2.05) is 36.4 Å². The van der Waals surface area contributed by atoms with Crippen molar-refractivity contribution in [2.24, 2.45) is 0 Å². The average Bonchev–Trinajstić information content (AvgIpc) is 0.845. The Morgan fingerprint density at radius 2 is 0.333 bits per heavy atom. The molecule has 0 atom stereocenters. The number of carbonyl (C=O) groups excluding carboxylic acids is 4. The zero-order valence-electron chi connectivity index (χ0n) is 66.5. The maximum atomic E-state index is 12.8. The summed E-state index contributed by atoms with van der Waals surface area (Å²) in [5.41, 5.74) is 2.93. The highest BCUT2D eigenvalue weighted by Gasteiger charge is 2.20. The van der Waals surface area contributed by atoms with Crippen LogP contribution in [0.5, 0.6) is 23.0 Å². The van der Waals surface area contributed by atoms with Crippen LogP contribution in [0.2, 0.25) is 0 Å². The molecule has 0 aliphatic carbocycles. The molecule has 0 bridgehead atoms. The zero-order valence-corrected chi connectivity index (χ0v) is 66.5. The number of carboxylic acids is 8. The Morgan fingerprint density at radius 3 is 0.500 bits per heavy atom. The Kier molecular flexibility index (Phi) is 33.8. The van der Waals surface area contributed by atoms with Gasteiger partial charge < -0.3 is 131 Å². The van der Waals surface area contributed by atoms with Gasteiger partial charge in [-0.3, -0.25) is 0 Å². The summed E-state index contributed by atoms with van der Waals surface area (Å²) in [4.78, 5) is 144. The molecule has 10 aromatic carbocycles. The fourth-order valence-corrected chi connectivity index (χ4v) is 11.7. The normalized spacial score (nSPS) is 10.8. The minimum Gasteiger partial charge on any atom is -0.489 e. The number of amides is 8. The molecule has 38 heteroatoms. The maximum Gasteiger partial charge on any atom is 0.335 e. The highest BCUT2D eigenvalue weighted by Crippen LogP contribution is 2.28. The third kappa shape index (κ3) is 30.6. The van der Waals surface area contributed by atoms with E-state index in [0.717, 1.165) is 106 Å². The van der Waals surface area contributed by atoms with E-state index in [1.54, 1.807) is 97.1 Å². The summed E-state index contributed by atoms with van der Waals surface area (Å²) in [5.74, 6) is -9.33. The van der Waals surface area contributed by atoms with Gasteiger partial charge in [0.05, 0.1) is 124 Å². The lowest BCUT2D eigenvalue weighted by molar-refractivity contribution is -0.0185. The standard InChI is InChI=1S/C88H82N8O30/c97-77(98)57-33-58(78(99)100)38-69(37-57)93-85(113)89-65-1-9-73(10-2-65)123-47-53-27-51(28-54(31-53)48-124-74-11-3-66(4-12-74)90-86(114)94-70-39-59(79(101)102)34-60(40-70)80(103)104)45-121-25-23-119-21-19-117-17-18-118-20-22-120-24-26-122-46-52-29-55(49-125-75-13-5-67(6-14-75)91-87(115)95-71-41-61(81(105)106)35-62(42-71)82(107)108)32-56(30-52)50-126-76-15-7-68(8-16-76)92-88(116)96-72-43-63(83(109)110)36-64(44-72)84(111)112/h1-16,27-44H,17-26,45-50H2,(H,97,98)(H,99,100)(H,101,102)(H,103,104)(H,105,106)(H,107,108)(H,109,110)(H,111,112)(H2,89,93,113)(H2,90,94,114)(H2,91,95,115)(H2,92,96,116). The third-order valence-corrected chi connectivity index (χ3v) is 17.4. The Hall–Kier alpha value is -16.0. The molecule has 654 valence electrons. The molecular formula is C88H82N8O30. The third-order valence-electron chi connectivity index (χ3n) is 17.4. The van der Waals surface area contributed by atoms with Crippen LogP contribution < -0.4 is 61.5 Å². The van der Waals surface area contributed by atoms with Crippen molar-refractivity contribution in [3.8, 4) is 23.0 Å². The van der Waals surface area contributed by atoms with Gasteiger partial charge in [-0.15, -0.1) is 0 Å². The largest absolute Gasteiger partial charge is 0.489 e. The monoisotopic (exact) mass is 1730 g/mol. The van der Waals surface area contributed by atoms with Crippen LogP contribution in [0.15, 0.2) is 206 Å². The summed E-state index contributed by atoms with van der Waals surface area (Å²) in [6.45, 7) is 3.30. The highest BCUT2D eigenvalue weighted by molar-refractivity contribution is 6.06. The van der Waals surface area contributed by atoms with Crippen molar-refractivity contribution in [2.75, 3.05) is 109 Å². The van der Waals surface area contributed by atoms with Crippen LogP contribution in [0.1, 0.15) is 116 Å². The molecule has 0 fully saturated rings. The van der Waals surface area contributed by atoms with E-state index in [4.69, 9.17) is 47.4 Å². The summed E-state index contributed by atoms with van der Waals surface area (Å²) >= 11 is 0. The molecular weight excluding hydrogens is 1650 g/mol. The van der Waals surface area contributed by atoms with Crippen molar-refractivity contribution in [1.29, 1.82) is 0 Å². The van der Waals surface area contributed by atoms with Gasteiger partial charge in [0.2, 0.25) is 0 Å². The first-order valence-electron chi connectivity index (χ1n) is 38.0. The van der Waals surface area contributed by atoms with Gasteiger partial charge in [-0.25, -0.2) is 57.5 Å². The van der Waals surface area contributed by atoms with Gasteiger partial charge in [-0.1, -0.05) is 24.3 Å². The van der Waals surface area contributed by atoms with Crippen LogP contribution in [-0.4, -0.2) is 179 Å². The number of hydrogen-bond acceptors (Lipinski definition) is 22. The van der Waals surface area contributed by atoms with Gasteiger partial charge in [-0.05, 0) is 215 Å². The predicted octanol–water partition coefficient (Wildman–Crippen LogP) is 14.0. The van der Waals surface area contributed by atoms with Crippen molar-refractivity contribution in [2.45, 2.75) is 39.6 Å². The molecule has 126 heavy (non-hydrogen) atoms. The van der Waals surface area contributed by atoms with Gasteiger partial charge in [0.1, 0.15) is 49.4 Å². The Bertz CT molecular complexity index is 4810. The maximum absolute atomic E-state index is 12.8. The minimum atomic E-state index is -1.38. The van der Waals surface area contributed by atoms with Crippen LogP contribution in [0.4, 0.5) is 64.7 Å². The Labute approximate surface area is 715 Å². The lowest BCUT2D eigenvalue weighted by Gasteiger charge is -2.14. The van der Waals surface area contributed by atoms with Gasteiger partial charge in [-0.2, -0.15) is 0 Å². The van der Waals surface area contributed by atoms with Crippen LogP contribution in [-0.2, 0) is 68.1 Å². The SMILES string of the molecule is O=C(Nc1ccc(OCc2cc(COCCOCCOCCOCCOCCOCc3cc(COc4ccc(NC(=O)Nc5cc(C(=O)O)cc(C(=O)O)c5)cc4)cc(COc4ccc(NC(=O)Nc5cc(C(=O)O)cc(C(=O)O)c5)cc4)c3)cc(COc3ccc(NC(=O)Nc4cc(C(=O)O)cc(C(=O)O)c4)cc3)c2)cc1)Nc1cc(C(=O)O)cc(C(=O)O)c1. The second-order valence-corrected chi connectivity index (χ2v) is 27.1. The first-order valence-corrected chi connectivity index (χ1v) is 38.0. The molecule has 38 nitrogen and oxygen atoms in total. The first kappa shape index (κ1) is 92.3. The van der Waals surface area contributed by atoms with Gasteiger partial charge in [0.15, 0.2) is 0 Å². The second kappa shape index (κ2) is 46.1. The topological polar surface area (TPSA) is 555 Å². The number of carboxylic acid groups (broad SMARTS) is 8. The number of aromatic carboxylic acids is 8. The molecule has 0 radical (unpaired) electrons. The number of carbonyl (C=O) groups is 12. The highest BCUT2D eigenvalue weighted by atomic mass is 16.6. The van der Waals surface area contributed by atoms with Crippen molar-refractivity contribution < 1.29 is 146 Å². The number of rotatable bonds is 47. The number of anilines is 8.